The van der Waals surface area contributed by atoms with Crippen molar-refractivity contribution in [3.05, 3.63) is 24.3 Å². The highest BCUT2D eigenvalue weighted by Gasteiger charge is 2.16. The van der Waals surface area contributed by atoms with Crippen molar-refractivity contribution in [1.29, 1.82) is 0 Å². The molecule has 4 nitrogen and oxygen atoms in total. The van der Waals surface area contributed by atoms with Crippen LogP contribution < -0.4 is 10.6 Å². The van der Waals surface area contributed by atoms with Gasteiger partial charge in [-0.25, -0.2) is 0 Å². The molecule has 0 saturated heterocycles. The Morgan fingerprint density at radius 3 is 2.59 bits per heavy atom. The Labute approximate surface area is 102 Å². The van der Waals surface area contributed by atoms with Crippen LogP contribution in [0.5, 0.6) is 0 Å². The standard InChI is InChI=1S/C13H20N2O2/c1-4-15(13(16)9-17-10(2)3)12-8-6-5-7-11(12)14/h5-8,10H,4,9,14H2,1-3H3. The smallest absolute Gasteiger partial charge is 0.253 e. The molecule has 4 heteroatoms. The number of hydrogen-bond donors (Lipinski definition) is 1. The van der Waals surface area contributed by atoms with Gasteiger partial charge in [0.25, 0.3) is 5.91 Å². The summed E-state index contributed by atoms with van der Waals surface area (Å²) in [5.41, 5.74) is 7.20. The van der Waals surface area contributed by atoms with Gasteiger partial charge in [0.05, 0.1) is 17.5 Å². The first-order chi connectivity index (χ1) is 8.06. The number of nitrogen functional groups attached to an aromatic ring is 1. The third-order valence-corrected chi connectivity index (χ3v) is 2.38. The van der Waals surface area contributed by atoms with E-state index in [0.29, 0.717) is 12.2 Å². The van der Waals surface area contributed by atoms with Crippen LogP contribution in [0.2, 0.25) is 0 Å². The van der Waals surface area contributed by atoms with Gasteiger partial charge >= 0.3 is 0 Å². The fraction of sp³-hybridized carbons (Fsp3) is 0.462. The van der Waals surface area contributed by atoms with E-state index in [1.54, 1.807) is 11.0 Å². The normalized spacial score (nSPS) is 10.6. The number of nitrogens with zero attached hydrogens (tertiary/aromatic N) is 1. The Morgan fingerprint density at radius 2 is 2.06 bits per heavy atom. The van der Waals surface area contributed by atoms with Crippen LogP contribution in [0.1, 0.15) is 20.8 Å². The molecule has 0 heterocycles. The molecule has 0 unspecified atom stereocenters. The Bertz CT molecular complexity index is 377. The molecule has 0 bridgehead atoms. The summed E-state index contributed by atoms with van der Waals surface area (Å²) in [6.45, 7) is 6.38. The molecule has 0 aliphatic rings. The molecule has 0 aliphatic carbocycles. The van der Waals surface area contributed by atoms with Gasteiger partial charge in [0.2, 0.25) is 0 Å². The molecule has 0 fully saturated rings. The lowest BCUT2D eigenvalue weighted by atomic mass is 10.2. The molecule has 0 aliphatic heterocycles. The SMILES string of the molecule is CCN(C(=O)COC(C)C)c1ccccc1N. The van der Waals surface area contributed by atoms with E-state index in [4.69, 9.17) is 10.5 Å². The van der Waals surface area contributed by atoms with Gasteiger partial charge in [-0.1, -0.05) is 12.1 Å². The molecule has 1 aromatic carbocycles. The number of carbonyl (C=O) groups excluding carboxylic acids is 1. The highest BCUT2D eigenvalue weighted by Crippen LogP contribution is 2.22. The van der Waals surface area contributed by atoms with E-state index in [-0.39, 0.29) is 18.6 Å². The molecule has 1 amide bonds. The molecule has 0 radical (unpaired) electrons. The number of ether oxygens (including phenoxy) is 1. The van der Waals surface area contributed by atoms with E-state index in [2.05, 4.69) is 0 Å². The summed E-state index contributed by atoms with van der Waals surface area (Å²) in [5.74, 6) is -0.0703. The van der Waals surface area contributed by atoms with Crippen molar-refractivity contribution >= 4 is 17.3 Å². The van der Waals surface area contributed by atoms with Crippen molar-refractivity contribution in [2.45, 2.75) is 26.9 Å². The van der Waals surface area contributed by atoms with Crippen molar-refractivity contribution in [2.24, 2.45) is 0 Å². The highest BCUT2D eigenvalue weighted by molar-refractivity contribution is 5.97. The summed E-state index contributed by atoms with van der Waals surface area (Å²) in [7, 11) is 0. The lowest BCUT2D eigenvalue weighted by Gasteiger charge is -2.23. The largest absolute Gasteiger partial charge is 0.397 e. The Hall–Kier alpha value is -1.55. The number of para-hydroxylation sites is 2. The number of nitrogens with two attached hydrogens (primary N) is 1. The second-order valence-corrected chi connectivity index (χ2v) is 4.06. The zero-order chi connectivity index (χ0) is 12.8. The van der Waals surface area contributed by atoms with Gasteiger partial charge in [-0.2, -0.15) is 0 Å². The summed E-state index contributed by atoms with van der Waals surface area (Å²) >= 11 is 0. The monoisotopic (exact) mass is 236 g/mol. The first-order valence-electron chi connectivity index (χ1n) is 5.82. The zero-order valence-corrected chi connectivity index (χ0v) is 10.6. The summed E-state index contributed by atoms with van der Waals surface area (Å²) in [5, 5.41) is 0. The molecular formula is C13H20N2O2. The third-order valence-electron chi connectivity index (χ3n) is 2.38. The predicted molar refractivity (Wildman–Crippen MR) is 70.0 cm³/mol. The van der Waals surface area contributed by atoms with Crippen molar-refractivity contribution in [3.63, 3.8) is 0 Å². The maximum Gasteiger partial charge on any atom is 0.253 e. The average molecular weight is 236 g/mol. The predicted octanol–water partition coefficient (Wildman–Crippen LogP) is 2.05. The van der Waals surface area contributed by atoms with E-state index in [1.807, 2.05) is 39.0 Å². The maximum absolute atomic E-state index is 12.0. The maximum atomic E-state index is 12.0. The molecule has 2 N–H and O–H groups in total. The topological polar surface area (TPSA) is 55.6 Å². The fourth-order valence-corrected chi connectivity index (χ4v) is 1.53. The number of rotatable bonds is 5. The van der Waals surface area contributed by atoms with Crippen LogP contribution in [-0.4, -0.2) is 25.2 Å². The molecule has 0 saturated carbocycles. The van der Waals surface area contributed by atoms with E-state index < -0.39 is 0 Å². The first kappa shape index (κ1) is 13.5. The third kappa shape index (κ3) is 3.75. The number of carbonyl (C=O) groups is 1. The van der Waals surface area contributed by atoms with Gasteiger partial charge in [-0.15, -0.1) is 0 Å². The van der Waals surface area contributed by atoms with Crippen LogP contribution in [0.15, 0.2) is 24.3 Å². The molecule has 0 aromatic heterocycles. The lowest BCUT2D eigenvalue weighted by molar-refractivity contribution is -0.124. The number of benzene rings is 1. The number of anilines is 2. The molecule has 0 atom stereocenters. The van der Waals surface area contributed by atoms with Crippen molar-refractivity contribution in [3.8, 4) is 0 Å². The van der Waals surface area contributed by atoms with Crippen molar-refractivity contribution < 1.29 is 9.53 Å². The quantitative estimate of drug-likeness (QED) is 0.796. The van der Waals surface area contributed by atoms with Gasteiger partial charge in [0, 0.05) is 6.54 Å². The lowest BCUT2D eigenvalue weighted by Crippen LogP contribution is -2.35. The van der Waals surface area contributed by atoms with E-state index in [0.717, 1.165) is 5.69 Å². The van der Waals surface area contributed by atoms with Crippen molar-refractivity contribution in [2.75, 3.05) is 23.8 Å². The molecule has 94 valence electrons. The molecule has 17 heavy (non-hydrogen) atoms. The zero-order valence-electron chi connectivity index (χ0n) is 10.6. The van der Waals surface area contributed by atoms with Crippen LogP contribution >= 0.6 is 0 Å². The van der Waals surface area contributed by atoms with Gasteiger partial charge in [-0.3, -0.25) is 4.79 Å². The summed E-state index contributed by atoms with van der Waals surface area (Å²) in [4.78, 5) is 13.6. The Kier molecular flexibility index (Phi) is 4.97. The summed E-state index contributed by atoms with van der Waals surface area (Å²) in [6, 6.07) is 7.34. The molecule has 0 spiro atoms. The van der Waals surface area contributed by atoms with Gasteiger partial charge in [0.15, 0.2) is 0 Å². The fourth-order valence-electron chi connectivity index (χ4n) is 1.53. The minimum Gasteiger partial charge on any atom is -0.397 e. The van der Waals surface area contributed by atoms with E-state index in [1.165, 1.54) is 0 Å². The highest BCUT2D eigenvalue weighted by atomic mass is 16.5. The van der Waals surface area contributed by atoms with Gasteiger partial charge in [-0.05, 0) is 32.9 Å². The van der Waals surface area contributed by atoms with Crippen LogP contribution in [0.25, 0.3) is 0 Å². The minimum absolute atomic E-state index is 0.0470. The Balaban J connectivity index is 2.78. The molecular weight excluding hydrogens is 216 g/mol. The van der Waals surface area contributed by atoms with Gasteiger partial charge < -0.3 is 15.4 Å². The molecule has 1 rings (SSSR count). The summed E-state index contributed by atoms with van der Waals surface area (Å²) in [6.07, 6.45) is 0.0470. The number of likely N-dealkylation sites (N-methyl/N-ethyl adjacent to an activating group) is 1. The Morgan fingerprint density at radius 1 is 1.41 bits per heavy atom. The number of hydrogen-bond acceptors (Lipinski definition) is 3. The second kappa shape index (κ2) is 6.25. The van der Waals surface area contributed by atoms with Crippen molar-refractivity contribution in [1.82, 2.24) is 0 Å². The van der Waals surface area contributed by atoms with E-state index in [9.17, 15) is 4.79 Å². The van der Waals surface area contributed by atoms with Crippen LogP contribution in [0.3, 0.4) is 0 Å². The first-order valence-corrected chi connectivity index (χ1v) is 5.82. The average Bonchev–Trinajstić information content (AvgIpc) is 2.30. The summed E-state index contributed by atoms with van der Waals surface area (Å²) < 4.78 is 5.32. The minimum atomic E-state index is -0.0703. The van der Waals surface area contributed by atoms with Crippen LogP contribution in [0.4, 0.5) is 11.4 Å². The molecule has 1 aromatic rings. The number of amides is 1. The second-order valence-electron chi connectivity index (χ2n) is 4.06. The van der Waals surface area contributed by atoms with Crippen LogP contribution in [-0.2, 0) is 9.53 Å². The van der Waals surface area contributed by atoms with Crippen LogP contribution in [0, 0.1) is 0 Å². The van der Waals surface area contributed by atoms with Gasteiger partial charge in [0.1, 0.15) is 6.61 Å². The van der Waals surface area contributed by atoms with E-state index >= 15 is 0 Å².